The molecule has 5 nitrogen and oxygen atoms in total. The van der Waals surface area contributed by atoms with Crippen LogP contribution < -0.4 is 4.74 Å². The van der Waals surface area contributed by atoms with Gasteiger partial charge in [-0.3, -0.25) is 0 Å². The lowest BCUT2D eigenvalue weighted by molar-refractivity contribution is 0.329. The van der Waals surface area contributed by atoms with Crippen molar-refractivity contribution in [1.82, 2.24) is 0 Å². The van der Waals surface area contributed by atoms with Crippen LogP contribution in [0.2, 0.25) is 0 Å². The van der Waals surface area contributed by atoms with E-state index in [2.05, 4.69) is 15.9 Å². The first-order valence-corrected chi connectivity index (χ1v) is 10.6. The van der Waals surface area contributed by atoms with Crippen molar-refractivity contribution in [2.45, 2.75) is 18.7 Å². The second kappa shape index (κ2) is 6.64. The molecule has 0 heterocycles. The Bertz CT molecular complexity index is 698. The number of hydrogen-bond acceptors (Lipinski definition) is 5. The zero-order valence-corrected chi connectivity index (χ0v) is 14.9. The molecule has 1 aromatic carbocycles. The molecule has 1 aromatic rings. The van der Waals surface area contributed by atoms with Gasteiger partial charge in [-0.2, -0.15) is 0 Å². The highest BCUT2D eigenvalue weighted by molar-refractivity contribution is 9.10. The normalized spacial score (nSPS) is 12.4. The summed E-state index contributed by atoms with van der Waals surface area (Å²) in [5, 5.41) is 0. The second-order valence-electron chi connectivity index (χ2n) is 4.07. The maximum absolute atomic E-state index is 11.5. The highest BCUT2D eigenvalue weighted by Gasteiger charge is 2.20. The van der Waals surface area contributed by atoms with Crippen molar-refractivity contribution in [3.63, 3.8) is 0 Å². The van der Waals surface area contributed by atoms with Gasteiger partial charge in [-0.15, -0.1) is 0 Å². The molecule has 0 saturated heterocycles. The molecule has 0 amide bonds. The summed E-state index contributed by atoms with van der Waals surface area (Å²) in [5.41, 5.74) is 0.549. The molecule has 0 atom stereocenters. The Labute approximate surface area is 131 Å². The van der Waals surface area contributed by atoms with Crippen molar-refractivity contribution in [3.05, 3.63) is 22.2 Å². The largest absolute Gasteiger partial charge is 0.491 e. The minimum atomic E-state index is -3.98. The predicted octanol–water partition coefficient (Wildman–Crippen LogP) is 2.50. The third-order valence-corrected chi connectivity index (χ3v) is 6.00. The SMILES string of the molecule is CCS(=O)(=O)CCOc1c(C)cc(Br)cc1S(=O)(=O)Cl. The number of hydrogen-bond donors (Lipinski definition) is 0. The Morgan fingerprint density at radius 2 is 1.85 bits per heavy atom. The first-order valence-electron chi connectivity index (χ1n) is 5.65. The van der Waals surface area contributed by atoms with E-state index in [0.29, 0.717) is 10.0 Å². The van der Waals surface area contributed by atoms with Crippen LogP contribution in [0.3, 0.4) is 0 Å². The number of benzene rings is 1. The molecule has 0 spiro atoms. The molecule has 0 saturated carbocycles. The van der Waals surface area contributed by atoms with Crippen LogP contribution in [0, 0.1) is 6.92 Å². The van der Waals surface area contributed by atoms with Crippen molar-refractivity contribution in [3.8, 4) is 5.75 Å². The smallest absolute Gasteiger partial charge is 0.265 e. The maximum atomic E-state index is 11.5. The molecule has 0 aliphatic heterocycles. The van der Waals surface area contributed by atoms with Gasteiger partial charge < -0.3 is 4.74 Å². The fourth-order valence-electron chi connectivity index (χ4n) is 1.48. The van der Waals surface area contributed by atoms with Crippen LogP contribution in [0.5, 0.6) is 5.75 Å². The van der Waals surface area contributed by atoms with Gasteiger partial charge in [0, 0.05) is 20.9 Å². The first-order chi connectivity index (χ1) is 9.07. The van der Waals surface area contributed by atoms with Gasteiger partial charge in [0.15, 0.2) is 9.84 Å². The summed E-state index contributed by atoms with van der Waals surface area (Å²) in [6, 6.07) is 2.98. The molecule has 9 heteroatoms. The molecule has 114 valence electrons. The number of sulfone groups is 1. The van der Waals surface area contributed by atoms with Crippen LogP contribution in [0.25, 0.3) is 0 Å². The van der Waals surface area contributed by atoms with E-state index in [-0.39, 0.29) is 28.8 Å². The van der Waals surface area contributed by atoms with Crippen LogP contribution in [-0.2, 0) is 18.9 Å². The van der Waals surface area contributed by atoms with Crippen molar-refractivity contribution < 1.29 is 21.6 Å². The van der Waals surface area contributed by atoms with Gasteiger partial charge in [0.1, 0.15) is 17.3 Å². The van der Waals surface area contributed by atoms with E-state index in [0.717, 1.165) is 0 Å². The lowest BCUT2D eigenvalue weighted by atomic mass is 10.2. The van der Waals surface area contributed by atoms with Gasteiger partial charge in [0.05, 0.1) is 5.75 Å². The zero-order valence-electron chi connectivity index (χ0n) is 10.9. The molecule has 1 rings (SSSR count). The molecule has 0 radical (unpaired) electrons. The van der Waals surface area contributed by atoms with E-state index in [1.807, 2.05) is 0 Å². The maximum Gasteiger partial charge on any atom is 0.265 e. The Morgan fingerprint density at radius 1 is 1.25 bits per heavy atom. The molecular weight excluding hydrogens is 392 g/mol. The van der Waals surface area contributed by atoms with E-state index >= 15 is 0 Å². The number of aryl methyl sites for hydroxylation is 1. The molecule has 0 aliphatic rings. The summed E-state index contributed by atoms with van der Waals surface area (Å²) in [5.74, 6) is -0.0913. The molecule has 0 bridgehead atoms. The highest BCUT2D eigenvalue weighted by atomic mass is 79.9. The van der Waals surface area contributed by atoms with Crippen LogP contribution in [0.4, 0.5) is 0 Å². The van der Waals surface area contributed by atoms with Crippen molar-refractivity contribution in [2.75, 3.05) is 18.1 Å². The Hall–Kier alpha value is -0.310. The molecule has 0 unspecified atom stereocenters. The summed E-state index contributed by atoms with van der Waals surface area (Å²) in [6.45, 7) is 3.06. The predicted molar refractivity (Wildman–Crippen MR) is 81.7 cm³/mol. The van der Waals surface area contributed by atoms with Crippen LogP contribution >= 0.6 is 26.6 Å². The summed E-state index contributed by atoms with van der Waals surface area (Å²) in [6.07, 6.45) is 0. The topological polar surface area (TPSA) is 77.5 Å². The zero-order chi connectivity index (χ0) is 15.6. The minimum Gasteiger partial charge on any atom is -0.491 e. The van der Waals surface area contributed by atoms with Gasteiger partial charge in [0.25, 0.3) is 9.05 Å². The molecule has 0 N–H and O–H groups in total. The highest BCUT2D eigenvalue weighted by Crippen LogP contribution is 2.33. The van der Waals surface area contributed by atoms with Crippen molar-refractivity contribution in [2.24, 2.45) is 0 Å². The molecular formula is C11H14BrClO5S2. The molecule has 0 aromatic heterocycles. The van der Waals surface area contributed by atoms with E-state index in [9.17, 15) is 16.8 Å². The van der Waals surface area contributed by atoms with Gasteiger partial charge in [0.2, 0.25) is 0 Å². The second-order valence-corrected chi connectivity index (χ2v) is 10.00. The van der Waals surface area contributed by atoms with Gasteiger partial charge >= 0.3 is 0 Å². The van der Waals surface area contributed by atoms with Crippen molar-refractivity contribution >= 4 is 45.5 Å². The summed E-state index contributed by atoms with van der Waals surface area (Å²) >= 11 is 3.18. The van der Waals surface area contributed by atoms with Crippen LogP contribution in [-0.4, -0.2) is 34.9 Å². The average molecular weight is 406 g/mol. The lowest BCUT2D eigenvalue weighted by Crippen LogP contribution is -2.16. The third-order valence-electron chi connectivity index (χ3n) is 2.55. The first kappa shape index (κ1) is 17.7. The summed E-state index contributed by atoms with van der Waals surface area (Å²) in [4.78, 5) is -0.181. The Balaban J connectivity index is 3.07. The molecule has 20 heavy (non-hydrogen) atoms. The molecule has 0 aliphatic carbocycles. The fraction of sp³-hybridized carbons (Fsp3) is 0.455. The third kappa shape index (κ3) is 4.91. The Kier molecular flexibility index (Phi) is 5.89. The van der Waals surface area contributed by atoms with Gasteiger partial charge in [-0.1, -0.05) is 22.9 Å². The average Bonchev–Trinajstić information content (AvgIpc) is 2.30. The van der Waals surface area contributed by atoms with Gasteiger partial charge in [-0.05, 0) is 24.6 Å². The van der Waals surface area contributed by atoms with E-state index in [1.165, 1.54) is 13.0 Å². The van der Waals surface area contributed by atoms with Crippen LogP contribution in [0.1, 0.15) is 12.5 Å². The lowest BCUT2D eigenvalue weighted by Gasteiger charge is -2.13. The standard InChI is InChI=1S/C11H14BrClO5S2/c1-3-19(14,15)5-4-18-11-8(2)6-9(12)7-10(11)20(13,16)17/h6-7H,3-5H2,1-2H3. The van der Waals surface area contributed by atoms with Crippen LogP contribution in [0.15, 0.2) is 21.5 Å². The number of halogens is 2. The summed E-state index contributed by atoms with van der Waals surface area (Å²) in [7, 11) is -1.80. The van der Waals surface area contributed by atoms with E-state index in [4.69, 9.17) is 15.4 Å². The quantitative estimate of drug-likeness (QED) is 0.680. The van der Waals surface area contributed by atoms with Crippen molar-refractivity contribution in [1.29, 1.82) is 0 Å². The number of rotatable bonds is 6. The Morgan fingerprint density at radius 3 is 2.35 bits per heavy atom. The molecule has 0 fully saturated rings. The minimum absolute atomic E-state index is 0.0103. The fourth-order valence-corrected chi connectivity index (χ4v) is 3.88. The summed E-state index contributed by atoms with van der Waals surface area (Å²) < 4.78 is 51.7. The van der Waals surface area contributed by atoms with E-state index in [1.54, 1.807) is 13.0 Å². The monoisotopic (exact) mass is 404 g/mol. The van der Waals surface area contributed by atoms with E-state index < -0.39 is 18.9 Å². The number of ether oxygens (including phenoxy) is 1. The van der Waals surface area contributed by atoms with Gasteiger partial charge in [-0.25, -0.2) is 16.8 Å².